The van der Waals surface area contributed by atoms with E-state index in [9.17, 15) is 19.8 Å². The number of nitrogens with one attached hydrogen (secondary N) is 1. The number of benzene rings is 2. The summed E-state index contributed by atoms with van der Waals surface area (Å²) in [4.78, 5) is 24.1. The maximum absolute atomic E-state index is 12.1. The van der Waals surface area contributed by atoms with E-state index in [1.807, 2.05) is 13.8 Å². The molecule has 5 nitrogen and oxygen atoms in total. The Kier molecular flexibility index (Phi) is 6.17. The summed E-state index contributed by atoms with van der Waals surface area (Å²) in [6.07, 6.45) is 2.45. The highest BCUT2D eigenvalue weighted by Gasteiger charge is 2.13. The SMILES string of the molecule is Cc1cc(O)c(C(C)C)cc1NC(=O)CC(=O)/C=C/c1ccccc1O. The lowest BCUT2D eigenvalue weighted by atomic mass is 9.99. The summed E-state index contributed by atoms with van der Waals surface area (Å²) in [7, 11) is 0. The summed E-state index contributed by atoms with van der Waals surface area (Å²) in [5.41, 5.74) is 2.54. The maximum atomic E-state index is 12.1. The van der Waals surface area contributed by atoms with Crippen LogP contribution in [-0.2, 0) is 9.59 Å². The highest BCUT2D eigenvalue weighted by atomic mass is 16.3. The van der Waals surface area contributed by atoms with Crippen LogP contribution in [0.2, 0.25) is 0 Å². The third-order valence-electron chi connectivity index (χ3n) is 3.99. The number of carbonyl (C=O) groups excluding carboxylic acids is 2. The van der Waals surface area contributed by atoms with Crippen molar-refractivity contribution in [1.29, 1.82) is 0 Å². The number of ketones is 1. The van der Waals surface area contributed by atoms with E-state index < -0.39 is 5.91 Å². The molecule has 0 bridgehead atoms. The first kappa shape index (κ1) is 19.2. The van der Waals surface area contributed by atoms with Crippen LogP contribution in [0.5, 0.6) is 11.5 Å². The fourth-order valence-electron chi connectivity index (χ4n) is 2.53. The summed E-state index contributed by atoms with van der Waals surface area (Å²) >= 11 is 0. The molecule has 0 spiro atoms. The Hall–Kier alpha value is -3.08. The first-order valence-corrected chi connectivity index (χ1v) is 8.40. The number of anilines is 1. The van der Waals surface area contributed by atoms with Gasteiger partial charge >= 0.3 is 0 Å². The van der Waals surface area contributed by atoms with E-state index in [2.05, 4.69) is 5.32 Å². The number of amides is 1. The molecule has 0 aliphatic rings. The Bertz CT molecular complexity index is 853. The summed E-state index contributed by atoms with van der Waals surface area (Å²) in [5.74, 6) is -0.430. The first-order valence-electron chi connectivity index (χ1n) is 8.40. The Morgan fingerprint density at radius 1 is 1.12 bits per heavy atom. The third kappa shape index (κ3) is 4.96. The number of hydrogen-bond donors (Lipinski definition) is 3. The van der Waals surface area contributed by atoms with Gasteiger partial charge in [0.2, 0.25) is 5.91 Å². The lowest BCUT2D eigenvalue weighted by Gasteiger charge is -2.14. The minimum absolute atomic E-state index is 0.0712. The summed E-state index contributed by atoms with van der Waals surface area (Å²) in [6.45, 7) is 5.67. The van der Waals surface area contributed by atoms with E-state index in [4.69, 9.17) is 0 Å². The van der Waals surface area contributed by atoms with Gasteiger partial charge in [-0.1, -0.05) is 32.0 Å². The topological polar surface area (TPSA) is 86.6 Å². The molecule has 0 saturated heterocycles. The maximum Gasteiger partial charge on any atom is 0.232 e. The molecular weight excluding hydrogens is 330 g/mol. The van der Waals surface area contributed by atoms with Crippen molar-refractivity contribution in [2.24, 2.45) is 0 Å². The molecule has 0 fully saturated rings. The number of aromatic hydroxyl groups is 2. The zero-order valence-electron chi connectivity index (χ0n) is 15.1. The van der Waals surface area contributed by atoms with Crippen LogP contribution >= 0.6 is 0 Å². The number of phenols is 2. The number of hydrogen-bond acceptors (Lipinski definition) is 4. The fourth-order valence-corrected chi connectivity index (χ4v) is 2.53. The van der Waals surface area contributed by atoms with Crippen LogP contribution < -0.4 is 5.32 Å². The average molecular weight is 353 g/mol. The zero-order chi connectivity index (χ0) is 19.3. The number of carbonyl (C=O) groups is 2. The Morgan fingerprint density at radius 3 is 2.46 bits per heavy atom. The molecule has 0 aromatic heterocycles. The quantitative estimate of drug-likeness (QED) is 0.414. The lowest BCUT2D eigenvalue weighted by Crippen LogP contribution is -2.16. The predicted octanol–water partition coefficient (Wildman–Crippen LogP) is 4.14. The first-order chi connectivity index (χ1) is 12.3. The molecule has 0 unspecified atom stereocenters. The molecule has 0 saturated carbocycles. The second kappa shape index (κ2) is 8.34. The molecular formula is C21H23NO4. The highest BCUT2D eigenvalue weighted by Crippen LogP contribution is 2.31. The van der Waals surface area contributed by atoms with Crippen molar-refractivity contribution in [2.45, 2.75) is 33.1 Å². The standard InChI is InChI=1S/C21H23NO4/c1-13(2)17-12-18(14(3)10-20(17)25)22-21(26)11-16(23)9-8-15-6-4-5-7-19(15)24/h4-10,12-13,24-25H,11H2,1-3H3,(H,22,26)/b9-8+. The fraction of sp³-hybridized carbons (Fsp3) is 0.238. The largest absolute Gasteiger partial charge is 0.508 e. The molecule has 1 amide bonds. The van der Waals surface area contributed by atoms with Crippen LogP contribution in [0.3, 0.4) is 0 Å². The van der Waals surface area contributed by atoms with Gasteiger partial charge in [0.05, 0.1) is 6.42 Å². The molecule has 0 radical (unpaired) electrons. The molecule has 136 valence electrons. The van der Waals surface area contributed by atoms with Crippen LogP contribution in [0.25, 0.3) is 6.08 Å². The van der Waals surface area contributed by atoms with E-state index in [0.717, 1.165) is 11.1 Å². The second-order valence-corrected chi connectivity index (χ2v) is 6.46. The number of para-hydroxylation sites is 1. The van der Waals surface area contributed by atoms with Crippen molar-refractivity contribution < 1.29 is 19.8 Å². The van der Waals surface area contributed by atoms with Gasteiger partial charge in [0, 0.05) is 11.3 Å². The minimum Gasteiger partial charge on any atom is -0.508 e. The molecule has 2 rings (SSSR count). The van der Waals surface area contributed by atoms with Crippen LogP contribution in [0.1, 0.15) is 42.9 Å². The van der Waals surface area contributed by atoms with Gasteiger partial charge in [0.1, 0.15) is 11.5 Å². The molecule has 5 heteroatoms. The van der Waals surface area contributed by atoms with E-state index >= 15 is 0 Å². The van der Waals surface area contributed by atoms with Gasteiger partial charge in [-0.05, 0) is 54.3 Å². The van der Waals surface area contributed by atoms with Crippen molar-refractivity contribution in [3.05, 3.63) is 59.2 Å². The normalized spacial score (nSPS) is 11.1. The number of allylic oxidation sites excluding steroid dienone is 1. The van der Waals surface area contributed by atoms with Gasteiger partial charge < -0.3 is 15.5 Å². The Balaban J connectivity index is 2.03. The van der Waals surface area contributed by atoms with E-state index in [0.29, 0.717) is 11.3 Å². The van der Waals surface area contributed by atoms with Gasteiger partial charge in [0.25, 0.3) is 0 Å². The molecule has 2 aromatic rings. The van der Waals surface area contributed by atoms with Gasteiger partial charge in [-0.3, -0.25) is 9.59 Å². The van der Waals surface area contributed by atoms with Crippen molar-refractivity contribution in [3.8, 4) is 11.5 Å². The Morgan fingerprint density at radius 2 is 1.81 bits per heavy atom. The molecule has 2 aromatic carbocycles. The van der Waals surface area contributed by atoms with Gasteiger partial charge in [-0.15, -0.1) is 0 Å². The molecule has 3 N–H and O–H groups in total. The number of aryl methyl sites for hydroxylation is 1. The minimum atomic E-state index is -0.430. The van der Waals surface area contributed by atoms with Crippen LogP contribution in [0.15, 0.2) is 42.5 Å². The van der Waals surface area contributed by atoms with Crippen molar-refractivity contribution in [3.63, 3.8) is 0 Å². The second-order valence-electron chi connectivity index (χ2n) is 6.46. The van der Waals surface area contributed by atoms with Crippen molar-refractivity contribution >= 4 is 23.5 Å². The highest BCUT2D eigenvalue weighted by molar-refractivity contribution is 6.09. The molecule has 26 heavy (non-hydrogen) atoms. The van der Waals surface area contributed by atoms with Crippen molar-refractivity contribution in [2.75, 3.05) is 5.32 Å². The Labute approximate surface area is 153 Å². The van der Waals surface area contributed by atoms with E-state index in [1.165, 1.54) is 18.2 Å². The lowest BCUT2D eigenvalue weighted by molar-refractivity contribution is -0.122. The molecule has 0 aliphatic carbocycles. The smallest absolute Gasteiger partial charge is 0.232 e. The van der Waals surface area contributed by atoms with Gasteiger partial charge in [0.15, 0.2) is 5.78 Å². The van der Waals surface area contributed by atoms with Gasteiger partial charge in [-0.25, -0.2) is 0 Å². The van der Waals surface area contributed by atoms with Crippen LogP contribution in [-0.4, -0.2) is 21.9 Å². The van der Waals surface area contributed by atoms with Crippen molar-refractivity contribution in [1.82, 2.24) is 0 Å². The average Bonchev–Trinajstić information content (AvgIpc) is 2.56. The van der Waals surface area contributed by atoms with Crippen LogP contribution in [0.4, 0.5) is 5.69 Å². The molecule has 0 heterocycles. The number of rotatable bonds is 6. The zero-order valence-corrected chi connectivity index (χ0v) is 15.1. The number of phenolic OH excluding ortho intramolecular Hbond substituents is 2. The monoisotopic (exact) mass is 353 g/mol. The molecule has 0 atom stereocenters. The third-order valence-corrected chi connectivity index (χ3v) is 3.99. The summed E-state index contributed by atoms with van der Waals surface area (Å²) in [5, 5.41) is 22.4. The molecule has 0 aliphatic heterocycles. The van der Waals surface area contributed by atoms with E-state index in [1.54, 1.807) is 37.3 Å². The van der Waals surface area contributed by atoms with E-state index in [-0.39, 0.29) is 29.6 Å². The summed E-state index contributed by atoms with van der Waals surface area (Å²) < 4.78 is 0. The van der Waals surface area contributed by atoms with Crippen LogP contribution in [0, 0.1) is 6.92 Å². The van der Waals surface area contributed by atoms with Gasteiger partial charge in [-0.2, -0.15) is 0 Å². The predicted molar refractivity (Wildman–Crippen MR) is 102 cm³/mol. The summed E-state index contributed by atoms with van der Waals surface area (Å²) in [6, 6.07) is 9.97.